The second-order valence-corrected chi connectivity index (χ2v) is 7.87. The van der Waals surface area contributed by atoms with Crippen molar-refractivity contribution in [1.82, 2.24) is 0 Å². The van der Waals surface area contributed by atoms with Gasteiger partial charge in [-0.05, 0) is 56.5 Å². The van der Waals surface area contributed by atoms with Crippen molar-refractivity contribution in [1.29, 1.82) is 0 Å². The van der Waals surface area contributed by atoms with Gasteiger partial charge in [-0.2, -0.15) is 0 Å². The Kier molecular flexibility index (Phi) is 4.33. The molecule has 0 saturated carbocycles. The lowest BCUT2D eigenvalue weighted by molar-refractivity contribution is 0.601. The first-order valence-electron chi connectivity index (χ1n) is 7.94. The average Bonchev–Trinajstić information content (AvgIpc) is 2.86. The van der Waals surface area contributed by atoms with E-state index in [0.29, 0.717) is 10.6 Å². The molecule has 0 unspecified atom stereocenters. The van der Waals surface area contributed by atoms with Gasteiger partial charge in [0.2, 0.25) is 0 Å². The molecule has 0 heterocycles. The molecule has 3 nitrogen and oxygen atoms in total. The van der Waals surface area contributed by atoms with Gasteiger partial charge in [-0.1, -0.05) is 47.5 Å². The van der Waals surface area contributed by atoms with Crippen molar-refractivity contribution in [2.24, 2.45) is 0 Å². The molecule has 1 N–H and O–H groups in total. The molecule has 0 amide bonds. The van der Waals surface area contributed by atoms with Crippen LogP contribution in [0.3, 0.4) is 0 Å². The molecule has 24 heavy (non-hydrogen) atoms. The predicted molar refractivity (Wildman–Crippen MR) is 99.4 cm³/mol. The van der Waals surface area contributed by atoms with Crippen LogP contribution in [-0.2, 0) is 10.0 Å². The summed E-state index contributed by atoms with van der Waals surface area (Å²) in [4.78, 5) is 0.320. The van der Waals surface area contributed by atoms with E-state index in [2.05, 4.69) is 17.7 Å². The van der Waals surface area contributed by atoms with Gasteiger partial charge in [0.05, 0.1) is 4.90 Å². The Labute approximate surface area is 143 Å². The summed E-state index contributed by atoms with van der Waals surface area (Å²) in [5.41, 5.74) is 5.77. The van der Waals surface area contributed by atoms with Gasteiger partial charge in [0.15, 0.2) is 0 Å². The van der Waals surface area contributed by atoms with Crippen molar-refractivity contribution < 1.29 is 8.42 Å². The van der Waals surface area contributed by atoms with Crippen molar-refractivity contribution in [3.63, 3.8) is 0 Å². The first-order chi connectivity index (χ1) is 11.4. The number of sulfonamides is 1. The Morgan fingerprint density at radius 2 is 1.67 bits per heavy atom. The minimum absolute atomic E-state index is 0.320. The summed E-state index contributed by atoms with van der Waals surface area (Å²) in [5.74, 6) is 0. The van der Waals surface area contributed by atoms with Crippen LogP contribution < -0.4 is 4.72 Å². The van der Waals surface area contributed by atoms with Crippen LogP contribution >= 0.6 is 0 Å². The van der Waals surface area contributed by atoms with Crippen LogP contribution in [0.1, 0.15) is 31.4 Å². The topological polar surface area (TPSA) is 46.2 Å². The summed E-state index contributed by atoms with van der Waals surface area (Å²) in [7, 11) is -3.66. The van der Waals surface area contributed by atoms with E-state index in [9.17, 15) is 8.42 Å². The standard InChI is InChI=1S/C20H21NO2S/c1-14-9-12-19(18(13-14)20-15(2)10-11-16(20)3)24(22,23)21-17-7-5-4-6-8-17/h4-10,12-13,21H,11H2,1-3H3. The third-order valence-corrected chi connectivity index (χ3v) is 5.69. The fourth-order valence-corrected chi connectivity index (χ4v) is 4.33. The van der Waals surface area contributed by atoms with E-state index in [1.54, 1.807) is 18.2 Å². The Morgan fingerprint density at radius 1 is 0.958 bits per heavy atom. The quantitative estimate of drug-likeness (QED) is 0.859. The molecule has 0 spiro atoms. The molecule has 2 aromatic rings. The number of rotatable bonds is 4. The Morgan fingerprint density at radius 3 is 2.29 bits per heavy atom. The molecule has 1 aliphatic carbocycles. The van der Waals surface area contributed by atoms with E-state index in [0.717, 1.165) is 28.7 Å². The highest BCUT2D eigenvalue weighted by Gasteiger charge is 2.24. The summed E-state index contributed by atoms with van der Waals surface area (Å²) in [6, 6.07) is 14.5. The number of hydrogen-bond acceptors (Lipinski definition) is 2. The highest BCUT2D eigenvalue weighted by molar-refractivity contribution is 7.92. The largest absolute Gasteiger partial charge is 0.280 e. The Hall–Kier alpha value is -2.33. The molecule has 2 aromatic carbocycles. The van der Waals surface area contributed by atoms with E-state index in [1.165, 1.54) is 5.57 Å². The highest BCUT2D eigenvalue weighted by Crippen LogP contribution is 2.37. The molecule has 0 aliphatic heterocycles. The van der Waals surface area contributed by atoms with Crippen molar-refractivity contribution in [3.05, 3.63) is 76.9 Å². The van der Waals surface area contributed by atoms with Gasteiger partial charge in [0, 0.05) is 11.3 Å². The van der Waals surface area contributed by atoms with Gasteiger partial charge in [-0.25, -0.2) is 8.42 Å². The van der Waals surface area contributed by atoms with E-state index in [4.69, 9.17) is 0 Å². The third kappa shape index (κ3) is 3.15. The number of anilines is 1. The average molecular weight is 339 g/mol. The molecule has 0 radical (unpaired) electrons. The minimum atomic E-state index is -3.66. The number of allylic oxidation sites excluding steroid dienone is 4. The molecule has 4 heteroatoms. The molecule has 124 valence electrons. The number of benzene rings is 2. The maximum Gasteiger partial charge on any atom is 0.262 e. The van der Waals surface area contributed by atoms with E-state index >= 15 is 0 Å². The summed E-state index contributed by atoms with van der Waals surface area (Å²) in [6.45, 7) is 6.08. The van der Waals surface area contributed by atoms with Crippen molar-refractivity contribution >= 4 is 21.3 Å². The molecular weight excluding hydrogens is 318 g/mol. The lowest BCUT2D eigenvalue weighted by Crippen LogP contribution is -2.15. The fourth-order valence-electron chi connectivity index (χ4n) is 3.08. The molecule has 0 aromatic heterocycles. The third-order valence-electron chi connectivity index (χ3n) is 4.26. The molecule has 0 fully saturated rings. The predicted octanol–water partition coefficient (Wildman–Crippen LogP) is 4.92. The van der Waals surface area contributed by atoms with Gasteiger partial charge in [-0.15, -0.1) is 0 Å². The van der Waals surface area contributed by atoms with Crippen LogP contribution in [-0.4, -0.2) is 8.42 Å². The lowest BCUT2D eigenvalue weighted by Gasteiger charge is -2.16. The summed E-state index contributed by atoms with van der Waals surface area (Å²) >= 11 is 0. The zero-order valence-electron chi connectivity index (χ0n) is 14.1. The van der Waals surface area contributed by atoms with Crippen LogP contribution in [0, 0.1) is 6.92 Å². The molecular formula is C20H21NO2S. The Balaban J connectivity index is 2.12. The monoisotopic (exact) mass is 339 g/mol. The van der Waals surface area contributed by atoms with Crippen LogP contribution in [0.5, 0.6) is 0 Å². The SMILES string of the molecule is CC1=CCC(C)=C1c1cc(C)ccc1S(=O)(=O)Nc1ccccc1. The second-order valence-electron chi connectivity index (χ2n) is 6.22. The first kappa shape index (κ1) is 16.5. The molecule has 1 aliphatic rings. The smallest absolute Gasteiger partial charge is 0.262 e. The van der Waals surface area contributed by atoms with E-state index in [-0.39, 0.29) is 0 Å². The molecule has 0 saturated heterocycles. The fraction of sp³-hybridized carbons (Fsp3) is 0.200. The summed E-state index contributed by atoms with van der Waals surface area (Å²) in [5, 5.41) is 0. The zero-order valence-corrected chi connectivity index (χ0v) is 14.9. The molecule has 0 bridgehead atoms. The van der Waals surface area contributed by atoms with Gasteiger partial charge in [0.1, 0.15) is 0 Å². The molecule has 0 atom stereocenters. The van der Waals surface area contributed by atoms with Gasteiger partial charge in [0.25, 0.3) is 10.0 Å². The number of para-hydroxylation sites is 1. The molecule has 3 rings (SSSR count). The number of aryl methyl sites for hydroxylation is 1. The maximum absolute atomic E-state index is 13.0. The summed E-state index contributed by atoms with van der Waals surface area (Å²) in [6.07, 6.45) is 3.02. The zero-order chi connectivity index (χ0) is 17.3. The van der Waals surface area contributed by atoms with Crippen molar-refractivity contribution in [3.8, 4) is 0 Å². The van der Waals surface area contributed by atoms with Crippen LogP contribution in [0.15, 0.2) is 70.6 Å². The van der Waals surface area contributed by atoms with E-state index in [1.807, 2.05) is 44.2 Å². The van der Waals surface area contributed by atoms with Gasteiger partial charge in [-0.3, -0.25) is 4.72 Å². The van der Waals surface area contributed by atoms with E-state index < -0.39 is 10.0 Å². The normalized spacial score (nSPS) is 14.7. The maximum atomic E-state index is 13.0. The van der Waals surface area contributed by atoms with Crippen molar-refractivity contribution in [2.45, 2.75) is 32.1 Å². The van der Waals surface area contributed by atoms with Crippen LogP contribution in [0.4, 0.5) is 5.69 Å². The second kappa shape index (κ2) is 6.29. The first-order valence-corrected chi connectivity index (χ1v) is 9.42. The van der Waals surface area contributed by atoms with Crippen molar-refractivity contribution in [2.75, 3.05) is 4.72 Å². The van der Waals surface area contributed by atoms with Crippen LogP contribution in [0.25, 0.3) is 5.57 Å². The Bertz CT molecular complexity index is 939. The minimum Gasteiger partial charge on any atom is -0.280 e. The van der Waals surface area contributed by atoms with Gasteiger partial charge < -0.3 is 0 Å². The number of hydrogen-bond donors (Lipinski definition) is 1. The lowest BCUT2D eigenvalue weighted by atomic mass is 9.97. The highest BCUT2D eigenvalue weighted by atomic mass is 32.2. The van der Waals surface area contributed by atoms with Gasteiger partial charge >= 0.3 is 0 Å². The van der Waals surface area contributed by atoms with Crippen LogP contribution in [0.2, 0.25) is 0 Å². The summed E-state index contributed by atoms with van der Waals surface area (Å²) < 4.78 is 28.6. The number of nitrogens with one attached hydrogen (secondary N) is 1.